The molecule has 35 heavy (non-hydrogen) atoms. The number of fused-ring (bicyclic) bond motifs is 1. The third-order valence-corrected chi connectivity index (χ3v) is 6.20. The molecule has 7 nitrogen and oxygen atoms in total. The van der Waals surface area contributed by atoms with Crippen molar-refractivity contribution < 1.29 is 9.53 Å². The maximum absolute atomic E-state index is 13.4. The number of ether oxygens (including phenoxy) is 1. The second-order valence-electron chi connectivity index (χ2n) is 9.13. The molecule has 0 aliphatic carbocycles. The molecule has 7 heteroatoms. The summed E-state index contributed by atoms with van der Waals surface area (Å²) in [5.74, 6) is 0.759. The van der Waals surface area contributed by atoms with E-state index in [1.807, 2.05) is 67.5 Å². The van der Waals surface area contributed by atoms with Gasteiger partial charge in [0.25, 0.3) is 5.91 Å². The van der Waals surface area contributed by atoms with Gasteiger partial charge < -0.3 is 15.0 Å². The lowest BCUT2D eigenvalue weighted by Crippen LogP contribution is -2.36. The third kappa shape index (κ3) is 5.63. The summed E-state index contributed by atoms with van der Waals surface area (Å²) in [5.41, 5.74) is 4.44. The summed E-state index contributed by atoms with van der Waals surface area (Å²) < 4.78 is 5.87. The number of nitrogens with zero attached hydrogens (tertiary/aromatic N) is 4. The Balaban J connectivity index is 1.29. The molecule has 1 atom stereocenters. The quantitative estimate of drug-likeness (QED) is 0.458. The van der Waals surface area contributed by atoms with Crippen LogP contribution in [0.2, 0.25) is 0 Å². The van der Waals surface area contributed by atoms with Crippen LogP contribution in [0.3, 0.4) is 0 Å². The van der Waals surface area contributed by atoms with Crippen LogP contribution >= 0.6 is 0 Å². The number of hydrogen-bond donors (Lipinski definition) is 1. The number of anilines is 2. The van der Waals surface area contributed by atoms with Gasteiger partial charge in [-0.05, 0) is 67.6 Å². The van der Waals surface area contributed by atoms with E-state index in [4.69, 9.17) is 4.74 Å². The van der Waals surface area contributed by atoms with Crippen LogP contribution in [0.25, 0.3) is 10.8 Å². The van der Waals surface area contributed by atoms with E-state index in [0.717, 1.165) is 28.9 Å². The first-order chi connectivity index (χ1) is 17.0. The summed E-state index contributed by atoms with van der Waals surface area (Å²) >= 11 is 0. The van der Waals surface area contributed by atoms with E-state index < -0.39 is 0 Å². The Morgan fingerprint density at radius 2 is 1.91 bits per heavy atom. The summed E-state index contributed by atoms with van der Waals surface area (Å²) in [7, 11) is 0. The lowest BCUT2D eigenvalue weighted by atomic mass is 9.97. The van der Waals surface area contributed by atoms with Gasteiger partial charge in [0.1, 0.15) is 0 Å². The van der Waals surface area contributed by atoms with Gasteiger partial charge in [0.15, 0.2) is 0 Å². The Hall–Kier alpha value is -3.84. The van der Waals surface area contributed by atoms with Crippen molar-refractivity contribution in [2.45, 2.75) is 20.3 Å². The number of carbonyl (C=O) groups is 1. The molecular weight excluding hydrogens is 438 g/mol. The zero-order chi connectivity index (χ0) is 24.2. The second-order valence-corrected chi connectivity index (χ2v) is 9.13. The molecule has 2 aromatic carbocycles. The molecule has 4 aromatic rings. The Labute approximate surface area is 205 Å². The van der Waals surface area contributed by atoms with Crippen LogP contribution < -0.4 is 5.32 Å². The minimum absolute atomic E-state index is 0.00760. The molecule has 0 radical (unpaired) electrons. The van der Waals surface area contributed by atoms with Crippen LogP contribution in [-0.2, 0) is 11.2 Å². The van der Waals surface area contributed by atoms with Crippen molar-refractivity contribution in [2.75, 3.05) is 31.6 Å². The van der Waals surface area contributed by atoms with E-state index in [0.29, 0.717) is 37.8 Å². The standard InChI is InChI=1S/C28H29N5O2/c1-19-12-20(2)31-28(30-19)32-26-5-3-4-24(15-26)27(34)33-10-11-35-18-22(17-33)13-21-6-7-23-8-9-29-16-25(23)14-21/h3-9,12,14-16,22H,10-11,13,17-18H2,1-2H3,(H,30,31,32)/t22-/m0/s1. The molecule has 1 fully saturated rings. The fraction of sp³-hybridized carbons (Fsp3) is 0.286. The number of aromatic nitrogens is 3. The predicted octanol–water partition coefficient (Wildman–Crippen LogP) is 4.72. The highest BCUT2D eigenvalue weighted by atomic mass is 16.5. The van der Waals surface area contributed by atoms with Crippen LogP contribution in [0.5, 0.6) is 0 Å². The van der Waals surface area contributed by atoms with Crippen LogP contribution in [0.15, 0.2) is 67.0 Å². The molecule has 0 unspecified atom stereocenters. The van der Waals surface area contributed by atoms with Crippen LogP contribution in [-0.4, -0.2) is 52.1 Å². The molecule has 1 amide bonds. The van der Waals surface area contributed by atoms with Gasteiger partial charge in [0.2, 0.25) is 5.95 Å². The molecule has 0 bridgehead atoms. The van der Waals surface area contributed by atoms with Crippen molar-refractivity contribution in [3.05, 3.63) is 89.5 Å². The first kappa shape index (κ1) is 22.9. The Kier molecular flexibility index (Phi) is 6.68. The van der Waals surface area contributed by atoms with E-state index >= 15 is 0 Å². The number of carbonyl (C=O) groups excluding carboxylic acids is 1. The maximum Gasteiger partial charge on any atom is 0.254 e. The molecule has 178 valence electrons. The van der Waals surface area contributed by atoms with Crippen molar-refractivity contribution in [3.8, 4) is 0 Å². The number of nitrogens with one attached hydrogen (secondary N) is 1. The van der Waals surface area contributed by atoms with Crippen molar-refractivity contribution in [1.29, 1.82) is 0 Å². The lowest BCUT2D eigenvalue weighted by Gasteiger charge is -2.24. The molecule has 2 aromatic heterocycles. The smallest absolute Gasteiger partial charge is 0.254 e. The van der Waals surface area contributed by atoms with Gasteiger partial charge in [-0.3, -0.25) is 9.78 Å². The zero-order valence-corrected chi connectivity index (χ0v) is 20.1. The Bertz CT molecular complexity index is 1340. The van der Waals surface area contributed by atoms with Gasteiger partial charge in [-0.1, -0.05) is 18.2 Å². The summed E-state index contributed by atoms with van der Waals surface area (Å²) in [6, 6.07) is 17.9. The second kappa shape index (κ2) is 10.2. The lowest BCUT2D eigenvalue weighted by molar-refractivity contribution is 0.0737. The molecule has 1 aliphatic rings. The highest BCUT2D eigenvalue weighted by molar-refractivity contribution is 5.95. The topological polar surface area (TPSA) is 80.2 Å². The summed E-state index contributed by atoms with van der Waals surface area (Å²) in [6.45, 7) is 6.29. The van der Waals surface area contributed by atoms with Crippen molar-refractivity contribution >= 4 is 28.3 Å². The number of benzene rings is 2. The van der Waals surface area contributed by atoms with Crippen molar-refractivity contribution in [2.24, 2.45) is 5.92 Å². The van der Waals surface area contributed by atoms with Gasteiger partial charge in [0.05, 0.1) is 13.2 Å². The number of amides is 1. The monoisotopic (exact) mass is 467 g/mol. The average Bonchev–Trinajstić information content (AvgIpc) is 3.08. The molecule has 5 rings (SSSR count). The Morgan fingerprint density at radius 1 is 1.06 bits per heavy atom. The third-order valence-electron chi connectivity index (χ3n) is 6.20. The van der Waals surface area contributed by atoms with Crippen LogP contribution in [0.1, 0.15) is 27.3 Å². The fourth-order valence-electron chi connectivity index (χ4n) is 4.61. The number of aryl methyl sites for hydroxylation is 2. The number of pyridine rings is 1. The number of rotatable bonds is 5. The zero-order valence-electron chi connectivity index (χ0n) is 20.1. The van der Waals surface area contributed by atoms with Crippen LogP contribution in [0.4, 0.5) is 11.6 Å². The SMILES string of the molecule is Cc1cc(C)nc(Nc2cccc(C(=O)N3CCOC[C@@H](Cc4ccc5ccncc5c4)C3)c2)n1. The molecule has 1 saturated heterocycles. The van der Waals surface area contributed by atoms with E-state index in [9.17, 15) is 4.79 Å². The highest BCUT2D eigenvalue weighted by Gasteiger charge is 2.24. The van der Waals surface area contributed by atoms with Crippen LogP contribution in [0, 0.1) is 19.8 Å². The maximum atomic E-state index is 13.4. The number of hydrogen-bond acceptors (Lipinski definition) is 6. The minimum Gasteiger partial charge on any atom is -0.379 e. The summed E-state index contributed by atoms with van der Waals surface area (Å²) in [5, 5.41) is 5.54. The average molecular weight is 468 g/mol. The van der Waals surface area contributed by atoms with Gasteiger partial charge in [-0.2, -0.15) is 0 Å². The molecule has 0 spiro atoms. The van der Waals surface area contributed by atoms with Gasteiger partial charge >= 0.3 is 0 Å². The van der Waals surface area contributed by atoms with Gasteiger partial charge in [-0.25, -0.2) is 9.97 Å². The predicted molar refractivity (Wildman–Crippen MR) is 137 cm³/mol. The molecule has 1 N–H and O–H groups in total. The molecule has 1 aliphatic heterocycles. The van der Waals surface area contributed by atoms with Gasteiger partial charge in [0, 0.05) is 59.4 Å². The first-order valence-electron chi connectivity index (χ1n) is 11.9. The van der Waals surface area contributed by atoms with E-state index in [1.54, 1.807) is 0 Å². The fourth-order valence-corrected chi connectivity index (χ4v) is 4.61. The Morgan fingerprint density at radius 3 is 2.77 bits per heavy atom. The van der Waals surface area contributed by atoms with Crippen molar-refractivity contribution in [1.82, 2.24) is 19.9 Å². The van der Waals surface area contributed by atoms with Crippen molar-refractivity contribution in [3.63, 3.8) is 0 Å². The van der Waals surface area contributed by atoms with E-state index in [2.05, 4.69) is 38.5 Å². The minimum atomic E-state index is 0.00760. The normalized spacial score (nSPS) is 16.2. The van der Waals surface area contributed by atoms with E-state index in [1.165, 1.54) is 10.9 Å². The first-order valence-corrected chi connectivity index (χ1v) is 11.9. The van der Waals surface area contributed by atoms with E-state index in [-0.39, 0.29) is 11.8 Å². The highest BCUT2D eigenvalue weighted by Crippen LogP contribution is 2.21. The molecule has 3 heterocycles. The summed E-state index contributed by atoms with van der Waals surface area (Å²) in [6.07, 6.45) is 4.55. The molecule has 0 saturated carbocycles. The van der Waals surface area contributed by atoms with Gasteiger partial charge in [-0.15, -0.1) is 0 Å². The summed E-state index contributed by atoms with van der Waals surface area (Å²) in [4.78, 5) is 28.5. The molecular formula is C28H29N5O2. The largest absolute Gasteiger partial charge is 0.379 e.